The summed E-state index contributed by atoms with van der Waals surface area (Å²) in [6, 6.07) is 8.91. The maximum Gasteiger partial charge on any atom is 0.227 e. The number of ether oxygens (including phenoxy) is 1. The van der Waals surface area contributed by atoms with Gasteiger partial charge >= 0.3 is 0 Å². The number of nitrogen functional groups attached to an aromatic ring is 1. The third-order valence-corrected chi connectivity index (χ3v) is 3.18. The van der Waals surface area contributed by atoms with E-state index in [0.29, 0.717) is 17.1 Å². The number of nitrogens with two attached hydrogens (primary N) is 1. The average molecular weight is 336 g/mol. The number of pyridine rings is 1. The second-order valence-electron chi connectivity index (χ2n) is 4.04. The summed E-state index contributed by atoms with van der Waals surface area (Å²) in [5.41, 5.74) is 6.99. The molecule has 2 aromatic rings. The van der Waals surface area contributed by atoms with Crippen molar-refractivity contribution in [3.8, 4) is 5.75 Å². The Morgan fingerprint density at radius 2 is 2.15 bits per heavy atom. The van der Waals surface area contributed by atoms with Crippen molar-refractivity contribution in [2.75, 3.05) is 17.7 Å². The summed E-state index contributed by atoms with van der Waals surface area (Å²) in [7, 11) is 0. The Balaban J connectivity index is 1.82. The predicted octanol–water partition coefficient (Wildman–Crippen LogP) is 2.83. The molecule has 0 saturated heterocycles. The fourth-order valence-electron chi connectivity index (χ4n) is 1.55. The second kappa shape index (κ2) is 6.91. The molecule has 6 heteroatoms. The normalized spacial score (nSPS) is 10.1. The summed E-state index contributed by atoms with van der Waals surface area (Å²) in [6.45, 7) is 0.267. The highest BCUT2D eigenvalue weighted by Crippen LogP contribution is 2.21. The van der Waals surface area contributed by atoms with Crippen LogP contribution < -0.4 is 15.8 Å². The lowest BCUT2D eigenvalue weighted by Crippen LogP contribution is -2.15. The van der Waals surface area contributed by atoms with Crippen LogP contribution in [0.1, 0.15) is 6.42 Å². The Bertz CT molecular complexity index is 604. The fourth-order valence-corrected chi connectivity index (χ4v) is 1.90. The van der Waals surface area contributed by atoms with Gasteiger partial charge in [-0.25, -0.2) is 0 Å². The minimum Gasteiger partial charge on any atom is -0.491 e. The van der Waals surface area contributed by atoms with E-state index in [4.69, 9.17) is 10.5 Å². The van der Waals surface area contributed by atoms with Crippen molar-refractivity contribution >= 4 is 33.2 Å². The van der Waals surface area contributed by atoms with Gasteiger partial charge < -0.3 is 15.8 Å². The molecule has 0 unspecified atom stereocenters. The highest BCUT2D eigenvalue weighted by molar-refractivity contribution is 9.10. The van der Waals surface area contributed by atoms with Crippen LogP contribution in [0.5, 0.6) is 5.75 Å². The number of aromatic nitrogens is 1. The lowest BCUT2D eigenvalue weighted by atomic mass is 10.3. The number of anilines is 2. The van der Waals surface area contributed by atoms with E-state index >= 15 is 0 Å². The smallest absolute Gasteiger partial charge is 0.227 e. The fraction of sp³-hybridized carbons (Fsp3) is 0.143. The van der Waals surface area contributed by atoms with Crippen LogP contribution in [-0.2, 0) is 4.79 Å². The molecule has 0 fully saturated rings. The molecule has 2 rings (SSSR count). The molecule has 1 heterocycles. The molecule has 0 saturated carbocycles. The van der Waals surface area contributed by atoms with Crippen molar-refractivity contribution in [1.82, 2.24) is 4.98 Å². The Morgan fingerprint density at radius 3 is 2.90 bits per heavy atom. The Labute approximate surface area is 125 Å². The number of amides is 1. The van der Waals surface area contributed by atoms with E-state index in [0.717, 1.165) is 4.47 Å². The molecule has 0 aliphatic carbocycles. The molecule has 0 aliphatic heterocycles. The predicted molar refractivity (Wildman–Crippen MR) is 81.5 cm³/mol. The average Bonchev–Trinajstić information content (AvgIpc) is 2.43. The summed E-state index contributed by atoms with van der Waals surface area (Å²) in [4.78, 5) is 15.7. The number of rotatable bonds is 5. The number of hydrogen-bond donors (Lipinski definition) is 2. The van der Waals surface area contributed by atoms with Crippen LogP contribution in [0.15, 0.2) is 47.2 Å². The number of benzene rings is 1. The number of carbonyl (C=O) groups excluding carboxylic acids is 1. The van der Waals surface area contributed by atoms with Crippen LogP contribution in [-0.4, -0.2) is 17.5 Å². The highest BCUT2D eigenvalue weighted by atomic mass is 79.9. The number of nitrogens with one attached hydrogen (secondary N) is 1. The minimum atomic E-state index is -0.133. The highest BCUT2D eigenvalue weighted by Gasteiger charge is 2.06. The standard InChI is InChI=1S/C14H14BrN3O2/c15-10-9-17-7-5-12(10)18-14(19)6-8-20-13-4-2-1-3-11(13)16/h1-5,7,9H,6,8,16H2,(H,17,18,19). The first-order valence-electron chi connectivity index (χ1n) is 6.03. The maximum atomic E-state index is 11.8. The molecule has 5 nitrogen and oxygen atoms in total. The van der Waals surface area contributed by atoms with Gasteiger partial charge in [0.25, 0.3) is 0 Å². The van der Waals surface area contributed by atoms with E-state index in [2.05, 4.69) is 26.2 Å². The van der Waals surface area contributed by atoms with Gasteiger partial charge in [-0.3, -0.25) is 9.78 Å². The van der Waals surface area contributed by atoms with Gasteiger partial charge in [-0.1, -0.05) is 12.1 Å². The SMILES string of the molecule is Nc1ccccc1OCCC(=O)Nc1ccncc1Br. The van der Waals surface area contributed by atoms with Crippen molar-refractivity contribution in [1.29, 1.82) is 0 Å². The van der Waals surface area contributed by atoms with Crippen molar-refractivity contribution in [2.24, 2.45) is 0 Å². The van der Waals surface area contributed by atoms with Crippen LogP contribution in [0.25, 0.3) is 0 Å². The first kappa shape index (κ1) is 14.3. The van der Waals surface area contributed by atoms with Crippen molar-refractivity contribution in [2.45, 2.75) is 6.42 Å². The van der Waals surface area contributed by atoms with Gasteiger partial charge in [-0.15, -0.1) is 0 Å². The zero-order valence-electron chi connectivity index (χ0n) is 10.7. The number of hydrogen-bond acceptors (Lipinski definition) is 4. The van der Waals surface area contributed by atoms with E-state index in [1.807, 2.05) is 12.1 Å². The van der Waals surface area contributed by atoms with Gasteiger partial charge in [0, 0.05) is 12.4 Å². The topological polar surface area (TPSA) is 77.2 Å². The summed E-state index contributed by atoms with van der Waals surface area (Å²) in [5.74, 6) is 0.455. The van der Waals surface area contributed by atoms with Gasteiger partial charge in [0.15, 0.2) is 0 Å². The molecule has 104 valence electrons. The van der Waals surface area contributed by atoms with Crippen molar-refractivity contribution in [3.05, 3.63) is 47.2 Å². The number of halogens is 1. The lowest BCUT2D eigenvalue weighted by Gasteiger charge is -2.09. The zero-order chi connectivity index (χ0) is 14.4. The minimum absolute atomic E-state index is 0.133. The number of para-hydroxylation sites is 2. The van der Waals surface area contributed by atoms with E-state index in [1.165, 1.54) is 0 Å². The van der Waals surface area contributed by atoms with Gasteiger partial charge in [-0.2, -0.15) is 0 Å². The zero-order valence-corrected chi connectivity index (χ0v) is 12.3. The lowest BCUT2D eigenvalue weighted by molar-refractivity contribution is -0.116. The van der Waals surface area contributed by atoms with Crippen LogP contribution >= 0.6 is 15.9 Å². The van der Waals surface area contributed by atoms with Gasteiger partial charge in [0.1, 0.15) is 5.75 Å². The molecule has 0 spiro atoms. The Morgan fingerprint density at radius 1 is 1.35 bits per heavy atom. The Kier molecular flexibility index (Phi) is 4.95. The number of nitrogens with zero attached hydrogens (tertiary/aromatic N) is 1. The molecule has 1 aromatic carbocycles. The molecule has 1 amide bonds. The van der Waals surface area contributed by atoms with Crippen LogP contribution in [0.4, 0.5) is 11.4 Å². The third-order valence-electron chi connectivity index (χ3n) is 2.55. The van der Waals surface area contributed by atoms with Crippen molar-refractivity contribution in [3.63, 3.8) is 0 Å². The third kappa shape index (κ3) is 3.96. The first-order valence-corrected chi connectivity index (χ1v) is 6.83. The van der Waals surface area contributed by atoms with E-state index in [1.54, 1.807) is 30.6 Å². The van der Waals surface area contributed by atoms with E-state index < -0.39 is 0 Å². The molecule has 0 atom stereocenters. The molecule has 1 aromatic heterocycles. The molecule has 0 bridgehead atoms. The van der Waals surface area contributed by atoms with Crippen LogP contribution in [0.3, 0.4) is 0 Å². The summed E-state index contributed by atoms with van der Waals surface area (Å²) >= 11 is 3.31. The Hall–Kier alpha value is -2.08. The monoisotopic (exact) mass is 335 g/mol. The molecule has 3 N–H and O–H groups in total. The molecular weight excluding hydrogens is 322 g/mol. The largest absolute Gasteiger partial charge is 0.491 e. The molecule has 20 heavy (non-hydrogen) atoms. The quantitative estimate of drug-likeness (QED) is 0.823. The molecule has 0 aliphatic rings. The number of carbonyl (C=O) groups is 1. The second-order valence-corrected chi connectivity index (χ2v) is 4.89. The molecule has 0 radical (unpaired) electrons. The first-order chi connectivity index (χ1) is 9.66. The van der Waals surface area contributed by atoms with Gasteiger partial charge in [-0.05, 0) is 34.1 Å². The van der Waals surface area contributed by atoms with Gasteiger partial charge in [0.2, 0.25) is 5.91 Å². The van der Waals surface area contributed by atoms with Crippen molar-refractivity contribution < 1.29 is 9.53 Å². The van der Waals surface area contributed by atoms with Crippen LogP contribution in [0, 0.1) is 0 Å². The van der Waals surface area contributed by atoms with Crippen LogP contribution in [0.2, 0.25) is 0 Å². The maximum absolute atomic E-state index is 11.8. The molecular formula is C14H14BrN3O2. The van der Waals surface area contributed by atoms with E-state index in [-0.39, 0.29) is 18.9 Å². The summed E-state index contributed by atoms with van der Waals surface area (Å²) < 4.78 is 6.20. The van der Waals surface area contributed by atoms with Gasteiger partial charge in [0.05, 0.1) is 28.9 Å². The summed E-state index contributed by atoms with van der Waals surface area (Å²) in [5, 5.41) is 2.77. The van der Waals surface area contributed by atoms with E-state index in [9.17, 15) is 4.79 Å². The summed E-state index contributed by atoms with van der Waals surface area (Å²) in [6.07, 6.45) is 3.47.